The first-order valence-electron chi connectivity index (χ1n) is 9.51. The van der Waals surface area contributed by atoms with Gasteiger partial charge < -0.3 is 24.7 Å². The number of aromatic nitrogens is 3. The Morgan fingerprint density at radius 3 is 2.93 bits per heavy atom. The summed E-state index contributed by atoms with van der Waals surface area (Å²) < 4.78 is 4.82. The minimum absolute atomic E-state index is 0.0213. The summed E-state index contributed by atoms with van der Waals surface area (Å²) in [5.74, 6) is 0.385. The van der Waals surface area contributed by atoms with Crippen molar-refractivity contribution in [2.24, 2.45) is 0 Å². The van der Waals surface area contributed by atoms with Gasteiger partial charge in [-0.3, -0.25) is 4.98 Å². The van der Waals surface area contributed by atoms with Crippen LogP contribution in [0.5, 0.6) is 0 Å². The Morgan fingerprint density at radius 1 is 1.34 bits per heavy atom. The molecule has 0 aromatic carbocycles. The van der Waals surface area contributed by atoms with Gasteiger partial charge in [0.05, 0.1) is 37.6 Å². The summed E-state index contributed by atoms with van der Waals surface area (Å²) >= 11 is 0. The minimum Gasteiger partial charge on any atom is -0.466 e. The molecule has 9 heteroatoms. The third kappa shape index (κ3) is 3.66. The fourth-order valence-electron chi connectivity index (χ4n) is 3.77. The highest BCUT2D eigenvalue weighted by Gasteiger charge is 2.34. The second-order valence-electron chi connectivity index (χ2n) is 7.03. The molecule has 1 fully saturated rings. The highest BCUT2D eigenvalue weighted by molar-refractivity contribution is 5.97. The van der Waals surface area contributed by atoms with Gasteiger partial charge in [-0.25, -0.2) is 9.78 Å². The summed E-state index contributed by atoms with van der Waals surface area (Å²) in [5.41, 5.74) is 1.44. The van der Waals surface area contributed by atoms with Crippen LogP contribution >= 0.6 is 0 Å². The summed E-state index contributed by atoms with van der Waals surface area (Å²) in [5, 5.41) is 20.5. The van der Waals surface area contributed by atoms with Gasteiger partial charge in [0, 0.05) is 24.5 Å². The van der Waals surface area contributed by atoms with Crippen molar-refractivity contribution >= 4 is 23.8 Å². The lowest BCUT2D eigenvalue weighted by Crippen LogP contribution is -2.42. The number of anilines is 2. The molecule has 2 aliphatic rings. The summed E-state index contributed by atoms with van der Waals surface area (Å²) in [6.07, 6.45) is 5.46. The average Bonchev–Trinajstić information content (AvgIpc) is 3.24. The van der Waals surface area contributed by atoms with E-state index in [4.69, 9.17) is 4.74 Å². The fourth-order valence-corrected chi connectivity index (χ4v) is 3.77. The third-order valence-electron chi connectivity index (χ3n) is 5.26. The number of nitrogens with zero attached hydrogens (tertiary/aromatic N) is 5. The van der Waals surface area contributed by atoms with E-state index in [0.29, 0.717) is 17.3 Å². The molecule has 4 heterocycles. The molecule has 152 valence electrons. The van der Waals surface area contributed by atoms with Gasteiger partial charge in [0.15, 0.2) is 6.23 Å². The Kier molecular flexibility index (Phi) is 5.41. The van der Waals surface area contributed by atoms with Crippen LogP contribution in [0, 0.1) is 0 Å². The zero-order valence-corrected chi connectivity index (χ0v) is 16.1. The summed E-state index contributed by atoms with van der Waals surface area (Å²) in [4.78, 5) is 29.2. The summed E-state index contributed by atoms with van der Waals surface area (Å²) in [6.45, 7) is 1.05. The minimum atomic E-state index is -1.23. The Morgan fingerprint density at radius 2 is 2.21 bits per heavy atom. The zero-order chi connectivity index (χ0) is 20.4. The third-order valence-corrected chi connectivity index (χ3v) is 5.26. The number of ether oxygens (including phenoxy) is 1. The number of hydrogen-bond donors (Lipinski definition) is 2. The topological polar surface area (TPSA) is 112 Å². The molecule has 0 amide bonds. The van der Waals surface area contributed by atoms with Gasteiger partial charge in [-0.2, -0.15) is 4.98 Å². The molecule has 0 aliphatic carbocycles. The smallest absolute Gasteiger partial charge is 0.338 e. The number of aliphatic hydroxyl groups is 2. The molecular formula is C20H23N5O4. The summed E-state index contributed by atoms with van der Waals surface area (Å²) in [7, 11) is 1.27. The van der Waals surface area contributed by atoms with Crippen molar-refractivity contribution in [3.05, 3.63) is 47.4 Å². The van der Waals surface area contributed by atoms with Gasteiger partial charge in [0.25, 0.3) is 0 Å². The lowest BCUT2D eigenvalue weighted by Gasteiger charge is -2.34. The van der Waals surface area contributed by atoms with Crippen LogP contribution in [0.15, 0.2) is 36.2 Å². The molecule has 1 unspecified atom stereocenters. The predicted molar refractivity (Wildman–Crippen MR) is 106 cm³/mol. The normalized spacial score (nSPS) is 21.0. The van der Waals surface area contributed by atoms with E-state index in [-0.39, 0.29) is 24.8 Å². The molecule has 2 aromatic heterocycles. The zero-order valence-electron chi connectivity index (χ0n) is 16.1. The molecule has 2 aromatic rings. The van der Waals surface area contributed by atoms with Gasteiger partial charge in [0.1, 0.15) is 5.82 Å². The molecule has 1 saturated heterocycles. The van der Waals surface area contributed by atoms with E-state index in [1.165, 1.54) is 7.11 Å². The van der Waals surface area contributed by atoms with Crippen LogP contribution in [0.1, 0.15) is 24.1 Å². The van der Waals surface area contributed by atoms with Crippen molar-refractivity contribution in [1.29, 1.82) is 0 Å². The molecule has 0 radical (unpaired) electrons. The highest BCUT2D eigenvalue weighted by atomic mass is 16.5. The second kappa shape index (κ2) is 8.14. The standard InChI is InChI=1S/C20H23N5O4/c1-29-19(28)16-9-13-10-22-20(24-8-4-6-15(24)12-26)23-17(13)25(18(16)27)11-14-5-2-3-7-21-14/h2-3,5,7,9-10,15,18,26-27H,4,6,8,11-12H2,1H3/t15-,18?/m0/s1. The Labute approximate surface area is 168 Å². The lowest BCUT2D eigenvalue weighted by atomic mass is 10.0. The van der Waals surface area contributed by atoms with Gasteiger partial charge >= 0.3 is 5.97 Å². The van der Waals surface area contributed by atoms with E-state index in [1.807, 2.05) is 23.1 Å². The molecule has 2 atom stereocenters. The quantitative estimate of drug-likeness (QED) is 0.705. The number of esters is 1. The summed E-state index contributed by atoms with van der Waals surface area (Å²) in [6, 6.07) is 5.49. The van der Waals surface area contributed by atoms with Crippen LogP contribution in [0.3, 0.4) is 0 Å². The predicted octanol–water partition coefficient (Wildman–Crippen LogP) is 0.728. The maximum absolute atomic E-state index is 12.2. The van der Waals surface area contributed by atoms with Gasteiger partial charge in [0.2, 0.25) is 5.95 Å². The number of methoxy groups -OCH3 is 1. The SMILES string of the molecule is COC(=O)C1=Cc2cnc(N3CCC[C@H]3CO)nc2N(Cc2ccccn2)C1O. The van der Waals surface area contributed by atoms with E-state index in [1.54, 1.807) is 23.4 Å². The van der Waals surface area contributed by atoms with Crippen molar-refractivity contribution in [3.8, 4) is 0 Å². The van der Waals surface area contributed by atoms with E-state index in [2.05, 4.69) is 15.0 Å². The number of pyridine rings is 1. The van der Waals surface area contributed by atoms with Gasteiger partial charge in [-0.05, 0) is 31.1 Å². The highest BCUT2D eigenvalue weighted by Crippen LogP contribution is 2.34. The maximum atomic E-state index is 12.2. The van der Waals surface area contributed by atoms with Crippen LogP contribution in [0.4, 0.5) is 11.8 Å². The number of carbonyl (C=O) groups excluding carboxylic acids is 1. The lowest BCUT2D eigenvalue weighted by molar-refractivity contribution is -0.137. The first-order chi connectivity index (χ1) is 14.1. The molecule has 2 aliphatic heterocycles. The van der Waals surface area contributed by atoms with Crippen molar-refractivity contribution < 1.29 is 19.7 Å². The van der Waals surface area contributed by atoms with Crippen LogP contribution in [-0.4, -0.2) is 63.7 Å². The number of carbonyl (C=O) groups is 1. The Hall–Kier alpha value is -3.04. The maximum Gasteiger partial charge on any atom is 0.338 e. The molecule has 29 heavy (non-hydrogen) atoms. The van der Waals surface area contributed by atoms with E-state index >= 15 is 0 Å². The van der Waals surface area contributed by atoms with Crippen LogP contribution in [-0.2, 0) is 16.1 Å². The van der Waals surface area contributed by atoms with Crippen molar-refractivity contribution in [3.63, 3.8) is 0 Å². The molecular weight excluding hydrogens is 374 g/mol. The fraction of sp³-hybridized carbons (Fsp3) is 0.400. The second-order valence-corrected chi connectivity index (χ2v) is 7.03. The van der Waals surface area contributed by atoms with Gasteiger partial charge in [-0.1, -0.05) is 6.07 Å². The number of rotatable bonds is 5. The molecule has 2 N–H and O–H groups in total. The van der Waals surface area contributed by atoms with Gasteiger partial charge in [-0.15, -0.1) is 0 Å². The van der Waals surface area contributed by atoms with Crippen molar-refractivity contribution in [2.75, 3.05) is 30.1 Å². The van der Waals surface area contributed by atoms with Crippen molar-refractivity contribution in [2.45, 2.75) is 31.7 Å². The van der Waals surface area contributed by atoms with E-state index in [0.717, 1.165) is 25.1 Å². The number of hydrogen-bond acceptors (Lipinski definition) is 9. The number of aliphatic hydroxyl groups excluding tert-OH is 2. The number of fused-ring (bicyclic) bond motifs is 1. The Bertz CT molecular complexity index is 920. The van der Waals surface area contributed by atoms with Crippen molar-refractivity contribution in [1.82, 2.24) is 15.0 Å². The first-order valence-corrected chi connectivity index (χ1v) is 9.51. The first kappa shape index (κ1) is 19.3. The Balaban J connectivity index is 1.76. The molecule has 4 rings (SSSR count). The van der Waals surface area contributed by atoms with E-state index in [9.17, 15) is 15.0 Å². The molecule has 0 saturated carbocycles. The molecule has 0 bridgehead atoms. The van der Waals surface area contributed by atoms with Crippen LogP contribution < -0.4 is 9.80 Å². The molecule has 9 nitrogen and oxygen atoms in total. The largest absolute Gasteiger partial charge is 0.466 e. The monoisotopic (exact) mass is 397 g/mol. The molecule has 0 spiro atoms. The average molecular weight is 397 g/mol. The van der Waals surface area contributed by atoms with Crippen LogP contribution in [0.2, 0.25) is 0 Å². The van der Waals surface area contributed by atoms with Crippen LogP contribution in [0.25, 0.3) is 6.08 Å². The van der Waals surface area contributed by atoms with E-state index < -0.39 is 12.2 Å².